The molecule has 0 aromatic rings. The largest absolute Gasteiger partial charge is 4.00 e. The summed E-state index contributed by atoms with van der Waals surface area (Å²) in [6.07, 6.45) is 0.605. The Morgan fingerprint density at radius 1 is 1.27 bits per heavy atom. The van der Waals surface area contributed by atoms with Gasteiger partial charge in [0.2, 0.25) is 0 Å². The third-order valence-electron chi connectivity index (χ3n) is 0.870. The Labute approximate surface area is 104 Å². The number of ketones is 1. The maximum atomic E-state index is 10.4. The predicted octanol–water partition coefficient (Wildman–Crippen LogP) is -0.509. The molecule has 0 heterocycles. The molecule has 0 unspecified atom stereocenters. The van der Waals surface area contributed by atoms with Gasteiger partial charge in [-0.15, -0.1) is 0 Å². The first-order valence-electron chi connectivity index (χ1n) is 2.88. The molecule has 0 amide bonds. The van der Waals surface area contributed by atoms with Gasteiger partial charge in [-0.1, -0.05) is 6.92 Å². The van der Waals surface area contributed by atoms with Crippen molar-refractivity contribution < 1.29 is 67.1 Å². The van der Waals surface area contributed by atoms with Gasteiger partial charge in [-0.2, -0.15) is 0 Å². The molecule has 11 heavy (non-hydrogen) atoms. The van der Waals surface area contributed by atoms with E-state index in [1.54, 1.807) is 0 Å². The smallest absolute Gasteiger partial charge is 0.550 e. The molecule has 0 saturated heterocycles. The maximum absolute atomic E-state index is 10.4. The van der Waals surface area contributed by atoms with Crippen LogP contribution in [-0.2, 0) is 62.0 Å². The van der Waals surface area contributed by atoms with Crippen LogP contribution in [0, 0.1) is 0 Å². The third-order valence-corrected chi connectivity index (χ3v) is 0.870. The van der Waals surface area contributed by atoms with Crippen LogP contribution in [0.25, 0.3) is 0 Å². The van der Waals surface area contributed by atoms with E-state index in [2.05, 4.69) is 0 Å². The average molecular weight is 312 g/mol. The Kier molecular flexibility index (Phi) is 17.7. The van der Waals surface area contributed by atoms with Gasteiger partial charge in [-0.3, -0.25) is 4.79 Å². The molecule has 0 spiro atoms. The molecule has 52 valence electrons. The standard InChI is InChI=1S/C6H10O3.2Zr/c1-2-3-5(7)4-6(8)9;;/h2-4H2,1H3,(H,8,9);;/q;2*+4/p-1. The number of carboxylic acid groups (broad SMARTS) is 1. The SMILES string of the molecule is CCCC(=O)CC(=O)[O-].[Zr+4].[Zr+4]. The van der Waals surface area contributed by atoms with Crippen molar-refractivity contribution in [2.45, 2.75) is 26.2 Å². The van der Waals surface area contributed by atoms with E-state index in [1.165, 1.54) is 0 Å². The molecule has 0 aliphatic heterocycles. The quantitative estimate of drug-likeness (QED) is 0.657. The van der Waals surface area contributed by atoms with Crippen molar-refractivity contribution in [1.82, 2.24) is 0 Å². The summed E-state index contributed by atoms with van der Waals surface area (Å²) in [6, 6.07) is 0. The molecule has 0 rings (SSSR count). The molecule has 0 aliphatic rings. The second-order valence-corrected chi connectivity index (χ2v) is 1.84. The molecule has 0 atom stereocenters. The molecular weight excluding hydrogens is 303 g/mol. The van der Waals surface area contributed by atoms with Gasteiger partial charge in [-0.25, -0.2) is 0 Å². The van der Waals surface area contributed by atoms with Gasteiger partial charge < -0.3 is 9.90 Å². The zero-order valence-electron chi connectivity index (χ0n) is 6.35. The third kappa shape index (κ3) is 13.8. The topological polar surface area (TPSA) is 57.2 Å². The van der Waals surface area contributed by atoms with Crippen LogP contribution < -0.4 is 5.11 Å². The summed E-state index contributed by atoms with van der Waals surface area (Å²) in [7, 11) is 0. The van der Waals surface area contributed by atoms with Crippen LogP contribution >= 0.6 is 0 Å². The molecule has 0 aromatic heterocycles. The minimum absolute atomic E-state index is 0. The van der Waals surface area contributed by atoms with E-state index in [1.807, 2.05) is 6.92 Å². The number of aliphatic carboxylic acids is 1. The molecule has 0 aliphatic carbocycles. The molecule has 0 N–H and O–H groups in total. The van der Waals surface area contributed by atoms with Gasteiger partial charge in [0.05, 0.1) is 0 Å². The van der Waals surface area contributed by atoms with E-state index in [0.29, 0.717) is 12.8 Å². The van der Waals surface area contributed by atoms with Crippen LogP contribution in [0.5, 0.6) is 0 Å². The van der Waals surface area contributed by atoms with Crippen molar-refractivity contribution in [2.75, 3.05) is 0 Å². The minimum Gasteiger partial charge on any atom is -0.550 e. The molecular formula is C6H9O3Zr2+7. The van der Waals surface area contributed by atoms with Gasteiger partial charge in [0.25, 0.3) is 0 Å². The van der Waals surface area contributed by atoms with Crippen LogP contribution in [0.4, 0.5) is 0 Å². The Hall–Kier alpha value is 0.906. The summed E-state index contributed by atoms with van der Waals surface area (Å²) >= 11 is 0. The molecule has 5 heteroatoms. The number of hydrogen-bond donors (Lipinski definition) is 0. The summed E-state index contributed by atoms with van der Waals surface area (Å²) in [5.74, 6) is -1.54. The Morgan fingerprint density at radius 3 is 2.00 bits per heavy atom. The fraction of sp³-hybridized carbons (Fsp3) is 0.667. The first-order valence-corrected chi connectivity index (χ1v) is 2.88. The zero-order valence-corrected chi connectivity index (χ0v) is 11.3. The van der Waals surface area contributed by atoms with Crippen molar-refractivity contribution >= 4 is 11.8 Å². The van der Waals surface area contributed by atoms with Gasteiger partial charge >= 0.3 is 52.4 Å². The van der Waals surface area contributed by atoms with Crippen LogP contribution in [0.15, 0.2) is 0 Å². The summed E-state index contributed by atoms with van der Waals surface area (Å²) in [5.41, 5.74) is 0. The monoisotopic (exact) mass is 309 g/mol. The number of hydrogen-bond acceptors (Lipinski definition) is 3. The van der Waals surface area contributed by atoms with Gasteiger partial charge in [0.15, 0.2) is 0 Å². The minimum atomic E-state index is -1.28. The number of carbonyl (C=O) groups excluding carboxylic acids is 2. The van der Waals surface area contributed by atoms with Gasteiger partial charge in [-0.05, 0) is 6.42 Å². The number of Topliss-reactive ketones (excluding diaryl/α,β-unsaturated/α-hetero) is 1. The second kappa shape index (κ2) is 10.9. The van der Waals surface area contributed by atoms with Gasteiger partial charge in [0.1, 0.15) is 5.78 Å². The van der Waals surface area contributed by atoms with E-state index >= 15 is 0 Å². The first-order chi connectivity index (χ1) is 4.16. The van der Waals surface area contributed by atoms with E-state index in [-0.39, 0.29) is 58.2 Å². The fourth-order valence-corrected chi connectivity index (χ4v) is 0.528. The average Bonchev–Trinajstić information content (AvgIpc) is 1.63. The summed E-state index contributed by atoms with van der Waals surface area (Å²) in [6.45, 7) is 1.83. The van der Waals surface area contributed by atoms with E-state index in [9.17, 15) is 14.7 Å². The molecule has 0 saturated carbocycles. The molecule has 0 aromatic carbocycles. The van der Waals surface area contributed by atoms with Gasteiger partial charge in [0, 0.05) is 18.8 Å². The van der Waals surface area contributed by atoms with Crippen molar-refractivity contribution in [3.8, 4) is 0 Å². The van der Waals surface area contributed by atoms with Crippen molar-refractivity contribution in [3.63, 3.8) is 0 Å². The normalized spacial score (nSPS) is 7.36. The Bertz CT molecular complexity index is 125. The fourth-order valence-electron chi connectivity index (χ4n) is 0.528. The van der Waals surface area contributed by atoms with Crippen LogP contribution in [0.2, 0.25) is 0 Å². The summed E-state index contributed by atoms with van der Waals surface area (Å²) in [5, 5.41) is 9.75. The number of carboxylic acids is 1. The maximum Gasteiger partial charge on any atom is 4.00 e. The zero-order chi connectivity index (χ0) is 7.28. The summed E-state index contributed by atoms with van der Waals surface area (Å²) < 4.78 is 0. The van der Waals surface area contributed by atoms with Crippen molar-refractivity contribution in [1.29, 1.82) is 0 Å². The number of rotatable bonds is 4. The molecule has 0 bridgehead atoms. The van der Waals surface area contributed by atoms with E-state index in [0.717, 1.165) is 0 Å². The Morgan fingerprint density at radius 2 is 1.73 bits per heavy atom. The number of carbonyl (C=O) groups is 2. The van der Waals surface area contributed by atoms with Crippen LogP contribution in [0.1, 0.15) is 26.2 Å². The van der Waals surface area contributed by atoms with Crippen LogP contribution in [0.3, 0.4) is 0 Å². The molecule has 0 radical (unpaired) electrons. The van der Waals surface area contributed by atoms with Crippen molar-refractivity contribution in [3.05, 3.63) is 0 Å². The van der Waals surface area contributed by atoms with Crippen LogP contribution in [-0.4, -0.2) is 11.8 Å². The molecule has 0 fully saturated rings. The van der Waals surface area contributed by atoms with Crippen molar-refractivity contribution in [2.24, 2.45) is 0 Å². The first kappa shape index (κ1) is 17.9. The predicted molar refractivity (Wildman–Crippen MR) is 29.5 cm³/mol. The van der Waals surface area contributed by atoms with E-state index in [4.69, 9.17) is 0 Å². The van der Waals surface area contributed by atoms with E-state index < -0.39 is 12.4 Å². The molecule has 3 nitrogen and oxygen atoms in total. The summed E-state index contributed by atoms with van der Waals surface area (Å²) in [4.78, 5) is 20.2. The Balaban J connectivity index is -0.000000320. The second-order valence-electron chi connectivity index (χ2n) is 1.84.